The fraction of sp³-hybridized carbons (Fsp3) is 0.619. The fourth-order valence-electron chi connectivity index (χ4n) is 5.36. The lowest BCUT2D eigenvalue weighted by Crippen LogP contribution is -2.48. The molecule has 1 aromatic carbocycles. The maximum absolute atomic E-state index is 13.0. The van der Waals surface area contributed by atoms with Gasteiger partial charge in [0.25, 0.3) is 0 Å². The van der Waals surface area contributed by atoms with E-state index in [1.165, 1.54) is 5.56 Å². The summed E-state index contributed by atoms with van der Waals surface area (Å²) in [5.41, 5.74) is 0.971. The van der Waals surface area contributed by atoms with E-state index in [4.69, 9.17) is 0 Å². The molecule has 0 aromatic heterocycles. The Bertz CT molecular complexity index is 677. The highest BCUT2D eigenvalue weighted by atomic mass is 16.3. The third-order valence-corrected chi connectivity index (χ3v) is 6.60. The van der Waals surface area contributed by atoms with Gasteiger partial charge in [-0.1, -0.05) is 30.3 Å². The Balaban J connectivity index is 1.50. The topological polar surface area (TPSA) is 60.9 Å². The third kappa shape index (κ3) is 3.02. The van der Waals surface area contributed by atoms with Crippen molar-refractivity contribution in [2.24, 2.45) is 5.41 Å². The number of fused-ring (bicyclic) bond motifs is 2. The first-order valence-electron chi connectivity index (χ1n) is 9.87. The quantitative estimate of drug-likeness (QED) is 0.878. The molecule has 4 rings (SSSR count). The number of benzene rings is 1. The minimum Gasteiger partial charge on any atom is -0.396 e. The first-order chi connectivity index (χ1) is 12.6. The molecule has 1 aromatic rings. The largest absolute Gasteiger partial charge is 0.396 e. The van der Waals surface area contributed by atoms with E-state index in [0.717, 1.165) is 38.5 Å². The van der Waals surface area contributed by atoms with Crippen molar-refractivity contribution in [1.29, 1.82) is 0 Å². The van der Waals surface area contributed by atoms with Crippen LogP contribution in [0.1, 0.15) is 44.1 Å². The van der Waals surface area contributed by atoms with Gasteiger partial charge in [0.15, 0.2) is 0 Å². The second-order valence-electron chi connectivity index (χ2n) is 8.21. The molecular weight excluding hydrogens is 328 g/mol. The van der Waals surface area contributed by atoms with Crippen molar-refractivity contribution in [3.8, 4) is 0 Å². The molecule has 2 amide bonds. The van der Waals surface area contributed by atoms with E-state index in [-0.39, 0.29) is 42.5 Å². The van der Waals surface area contributed by atoms with Gasteiger partial charge in [-0.05, 0) is 44.1 Å². The molecular formula is C21H28N2O3. The van der Waals surface area contributed by atoms with Gasteiger partial charge in [0.05, 0.1) is 13.2 Å². The SMILES string of the molecule is O=C1CCCCN1CC(=O)N1[C@H]2CC[C@@H]1[C@@](CO)(Cc1ccccc1)C2. The highest BCUT2D eigenvalue weighted by molar-refractivity contribution is 5.86. The second-order valence-corrected chi connectivity index (χ2v) is 8.21. The molecule has 0 aliphatic carbocycles. The predicted octanol–water partition coefficient (Wildman–Crippen LogP) is 1.98. The van der Waals surface area contributed by atoms with Gasteiger partial charge >= 0.3 is 0 Å². The first kappa shape index (κ1) is 17.5. The lowest BCUT2D eigenvalue weighted by Gasteiger charge is -2.36. The smallest absolute Gasteiger partial charge is 0.242 e. The Morgan fingerprint density at radius 1 is 1.19 bits per heavy atom. The standard InChI is InChI=1S/C21H28N2O3/c24-15-21(12-16-6-2-1-3-7-16)13-17-9-10-18(21)23(17)20(26)14-22-11-5-4-8-19(22)25/h1-3,6-7,17-18,24H,4-5,8-15H2/t17-,18+,21-/m0/s1. The first-order valence-corrected chi connectivity index (χ1v) is 9.87. The number of amides is 2. The number of piperidine rings is 1. The molecule has 5 heteroatoms. The molecule has 3 atom stereocenters. The number of likely N-dealkylation sites (tertiary alicyclic amines) is 1. The molecule has 3 heterocycles. The Morgan fingerprint density at radius 2 is 2.00 bits per heavy atom. The maximum Gasteiger partial charge on any atom is 0.242 e. The summed E-state index contributed by atoms with van der Waals surface area (Å²) in [5, 5.41) is 10.3. The van der Waals surface area contributed by atoms with E-state index >= 15 is 0 Å². The molecule has 2 bridgehead atoms. The van der Waals surface area contributed by atoms with Gasteiger partial charge < -0.3 is 14.9 Å². The van der Waals surface area contributed by atoms with Crippen LogP contribution in [0.25, 0.3) is 0 Å². The molecule has 3 aliphatic heterocycles. The lowest BCUT2D eigenvalue weighted by molar-refractivity contribution is -0.143. The summed E-state index contributed by atoms with van der Waals surface area (Å²) in [6.45, 7) is 1.01. The van der Waals surface area contributed by atoms with Crippen molar-refractivity contribution in [3.05, 3.63) is 35.9 Å². The molecule has 0 saturated carbocycles. The summed E-state index contributed by atoms with van der Waals surface area (Å²) >= 11 is 0. The van der Waals surface area contributed by atoms with E-state index < -0.39 is 0 Å². The minimum atomic E-state index is -0.244. The molecule has 3 fully saturated rings. The van der Waals surface area contributed by atoms with Gasteiger partial charge in [-0.15, -0.1) is 0 Å². The maximum atomic E-state index is 13.0. The molecule has 0 spiro atoms. The number of aliphatic hydroxyl groups is 1. The summed E-state index contributed by atoms with van der Waals surface area (Å²) < 4.78 is 0. The van der Waals surface area contributed by atoms with Crippen LogP contribution in [0.5, 0.6) is 0 Å². The zero-order valence-corrected chi connectivity index (χ0v) is 15.3. The summed E-state index contributed by atoms with van der Waals surface area (Å²) in [6.07, 6.45) is 6.12. The average Bonchev–Trinajstić information content (AvgIpc) is 3.21. The van der Waals surface area contributed by atoms with Gasteiger partial charge in [0.2, 0.25) is 11.8 Å². The number of carbonyl (C=O) groups excluding carboxylic acids is 2. The lowest BCUT2D eigenvalue weighted by atomic mass is 9.70. The highest BCUT2D eigenvalue weighted by Gasteiger charge is 2.57. The van der Waals surface area contributed by atoms with Gasteiger partial charge in [0, 0.05) is 30.5 Å². The number of rotatable bonds is 5. The van der Waals surface area contributed by atoms with Crippen molar-refractivity contribution in [2.45, 2.75) is 57.0 Å². The highest BCUT2D eigenvalue weighted by Crippen LogP contribution is 2.51. The van der Waals surface area contributed by atoms with Crippen LogP contribution in [-0.4, -0.2) is 58.5 Å². The Labute approximate surface area is 155 Å². The van der Waals surface area contributed by atoms with E-state index in [9.17, 15) is 14.7 Å². The second kappa shape index (κ2) is 7.03. The summed E-state index contributed by atoms with van der Waals surface area (Å²) in [7, 11) is 0. The summed E-state index contributed by atoms with van der Waals surface area (Å²) in [4.78, 5) is 28.8. The van der Waals surface area contributed by atoms with Crippen molar-refractivity contribution >= 4 is 11.8 Å². The van der Waals surface area contributed by atoms with E-state index in [1.807, 2.05) is 23.1 Å². The molecule has 3 saturated heterocycles. The normalized spacial score (nSPS) is 30.9. The van der Waals surface area contributed by atoms with Crippen LogP contribution >= 0.6 is 0 Å². The molecule has 140 valence electrons. The number of hydrogen-bond donors (Lipinski definition) is 1. The molecule has 5 nitrogen and oxygen atoms in total. The van der Waals surface area contributed by atoms with Crippen LogP contribution < -0.4 is 0 Å². The van der Waals surface area contributed by atoms with Crippen LogP contribution in [-0.2, 0) is 16.0 Å². The van der Waals surface area contributed by atoms with Crippen molar-refractivity contribution < 1.29 is 14.7 Å². The zero-order chi connectivity index (χ0) is 18.1. The predicted molar refractivity (Wildman–Crippen MR) is 98.4 cm³/mol. The van der Waals surface area contributed by atoms with Crippen molar-refractivity contribution in [2.75, 3.05) is 19.7 Å². The van der Waals surface area contributed by atoms with E-state index in [2.05, 4.69) is 12.1 Å². The van der Waals surface area contributed by atoms with Crippen molar-refractivity contribution in [1.82, 2.24) is 9.80 Å². The summed E-state index contributed by atoms with van der Waals surface area (Å²) in [6, 6.07) is 10.6. The molecule has 0 unspecified atom stereocenters. The van der Waals surface area contributed by atoms with Crippen molar-refractivity contribution in [3.63, 3.8) is 0 Å². The van der Waals surface area contributed by atoms with Gasteiger partial charge in [-0.3, -0.25) is 9.59 Å². The average molecular weight is 356 g/mol. The molecule has 0 radical (unpaired) electrons. The minimum absolute atomic E-state index is 0.0659. The van der Waals surface area contributed by atoms with Gasteiger partial charge in [-0.25, -0.2) is 0 Å². The Morgan fingerprint density at radius 3 is 2.73 bits per heavy atom. The summed E-state index contributed by atoms with van der Waals surface area (Å²) in [5.74, 6) is 0.171. The zero-order valence-electron chi connectivity index (χ0n) is 15.3. The van der Waals surface area contributed by atoms with Crippen LogP contribution in [0.2, 0.25) is 0 Å². The third-order valence-electron chi connectivity index (χ3n) is 6.60. The van der Waals surface area contributed by atoms with Gasteiger partial charge in [-0.2, -0.15) is 0 Å². The van der Waals surface area contributed by atoms with Gasteiger partial charge in [0.1, 0.15) is 0 Å². The van der Waals surface area contributed by atoms with E-state index in [0.29, 0.717) is 13.0 Å². The monoisotopic (exact) mass is 356 g/mol. The fourth-order valence-corrected chi connectivity index (χ4v) is 5.36. The number of nitrogens with zero attached hydrogens (tertiary/aromatic N) is 2. The number of carbonyl (C=O) groups is 2. The van der Waals surface area contributed by atoms with Crippen LogP contribution in [0.3, 0.4) is 0 Å². The Hall–Kier alpha value is -1.88. The van der Waals surface area contributed by atoms with Crippen LogP contribution in [0.15, 0.2) is 30.3 Å². The van der Waals surface area contributed by atoms with E-state index in [1.54, 1.807) is 4.90 Å². The number of hydrogen-bond acceptors (Lipinski definition) is 3. The number of aliphatic hydroxyl groups excluding tert-OH is 1. The van der Waals surface area contributed by atoms with Crippen LogP contribution in [0, 0.1) is 5.41 Å². The van der Waals surface area contributed by atoms with Crippen LogP contribution in [0.4, 0.5) is 0 Å². The molecule has 3 aliphatic rings. The molecule has 26 heavy (non-hydrogen) atoms. The Kier molecular flexibility index (Phi) is 4.74. The molecule has 1 N–H and O–H groups in total.